The number of benzene rings is 3. The van der Waals surface area contributed by atoms with E-state index in [1.54, 1.807) is 29.7 Å². The fourth-order valence-corrected chi connectivity index (χ4v) is 16.6. The van der Waals surface area contributed by atoms with Crippen molar-refractivity contribution in [3.63, 3.8) is 0 Å². The van der Waals surface area contributed by atoms with Gasteiger partial charge in [-0.25, -0.2) is 19.7 Å². The zero-order valence-corrected chi connectivity index (χ0v) is 50.9. The first-order valence-electron chi connectivity index (χ1n) is 29.8. The summed E-state index contributed by atoms with van der Waals surface area (Å²) in [7, 11) is 0. The molecule has 4 bridgehead atoms. The van der Waals surface area contributed by atoms with Crippen molar-refractivity contribution >= 4 is 79.3 Å². The van der Waals surface area contributed by atoms with E-state index in [-0.39, 0.29) is 60.8 Å². The largest absolute Gasteiger partial charge is 0.476 e. The Labute approximate surface area is 507 Å². The number of hydrogen-bond acceptors (Lipinski definition) is 14. The Bertz CT molecular complexity index is 3760. The Morgan fingerprint density at radius 3 is 2.36 bits per heavy atom. The highest BCUT2D eigenvalue weighted by Gasteiger charge is 2.60. The second-order valence-corrected chi connectivity index (χ2v) is 27.7. The number of pyridine rings is 1. The van der Waals surface area contributed by atoms with Crippen LogP contribution in [-0.4, -0.2) is 113 Å². The van der Waals surface area contributed by atoms with Crippen LogP contribution in [0.15, 0.2) is 90.6 Å². The number of fused-ring (bicyclic) bond motifs is 2. The van der Waals surface area contributed by atoms with Crippen molar-refractivity contribution in [2.24, 2.45) is 28.1 Å². The van der Waals surface area contributed by atoms with Gasteiger partial charge in [-0.1, -0.05) is 80.6 Å². The maximum absolute atomic E-state index is 14.5. The number of β-amino-alcohol motifs (C(OH)–C–C–N with tert-alkyl or cyclic N) is 1. The van der Waals surface area contributed by atoms with Gasteiger partial charge in [-0.05, 0) is 141 Å². The lowest BCUT2D eigenvalue weighted by Gasteiger charge is -2.61. The van der Waals surface area contributed by atoms with Gasteiger partial charge in [-0.3, -0.25) is 34.0 Å². The van der Waals surface area contributed by atoms with Gasteiger partial charge in [-0.15, -0.1) is 11.3 Å². The maximum Gasteiger partial charge on any atom is 0.355 e. The minimum atomic E-state index is -1.17. The molecule has 4 saturated carbocycles. The number of carbonyl (C=O) groups is 6. The van der Waals surface area contributed by atoms with Crippen LogP contribution in [0.5, 0.6) is 0 Å². The predicted molar refractivity (Wildman–Crippen MR) is 329 cm³/mol. The number of thiazole rings is 2. The molecule has 13 rings (SSSR count). The third kappa shape index (κ3) is 11.5. The van der Waals surface area contributed by atoms with Crippen LogP contribution in [0.2, 0.25) is 0 Å². The normalized spacial score (nSPS) is 23.0. The summed E-state index contributed by atoms with van der Waals surface area (Å²) in [5, 5.41) is 39.0. The third-order valence-electron chi connectivity index (χ3n) is 18.7. The number of carboxylic acid groups (broad SMARTS) is 1. The molecule has 4 aliphatic carbocycles. The highest BCUT2D eigenvalue weighted by atomic mass is 32.1. The molecule has 5 fully saturated rings. The number of carboxylic acids is 1. The molecule has 4 aromatic heterocycles. The number of rotatable bonds is 17. The fraction of sp³-hybridized carbons (Fsp3) is 0.446. The van der Waals surface area contributed by atoms with Crippen LogP contribution in [0.3, 0.4) is 0 Å². The number of aliphatic hydroxyl groups excluding tert-OH is 1. The lowest BCUT2D eigenvalue weighted by atomic mass is 9.44. The molecule has 0 radical (unpaired) electrons. The summed E-state index contributed by atoms with van der Waals surface area (Å²) < 4.78 is 2.95. The van der Waals surface area contributed by atoms with E-state index in [4.69, 9.17) is 10.1 Å². The number of hydrogen-bond donors (Lipinski definition) is 6. The molecule has 2 unspecified atom stereocenters. The summed E-state index contributed by atoms with van der Waals surface area (Å²) in [5.41, 5.74) is 8.18. The number of para-hydroxylation sites is 1. The molecule has 0 spiro atoms. The van der Waals surface area contributed by atoms with Crippen molar-refractivity contribution in [2.75, 3.05) is 29.9 Å². The molecule has 6 heterocycles. The number of carbonyl (C=O) groups excluding carboxylic acids is 5. The molecule has 5 amide bonds. The number of nitrogens with zero attached hydrogens (tertiary/aromatic N) is 7. The summed E-state index contributed by atoms with van der Waals surface area (Å²) in [4.78, 5) is 102. The van der Waals surface area contributed by atoms with E-state index in [1.165, 1.54) is 16.2 Å². The molecule has 86 heavy (non-hydrogen) atoms. The predicted octanol–water partition coefficient (Wildman–Crippen LogP) is 9.27. The summed E-state index contributed by atoms with van der Waals surface area (Å²) in [6.07, 6.45) is 6.61. The van der Waals surface area contributed by atoms with Crippen LogP contribution < -0.4 is 26.2 Å². The molecule has 448 valence electrons. The SMILES string of the molecule is Cc1ncsc1-c1ccc([C@H](C)NC(=O)[C@@H]2C[C@@H](O)CN2C(=O)[C@@H](NC(=O)CCNC(=O)C23CC4CC(CC(Cn5ncc(-c6ccc(N7CCc8cccc(C(=O)Nc9nc%10ccccc%10s9)c8C7)nc6C(=O)O)c5C)(C4)C2)C3)C(C)(C)C)cc1. The van der Waals surface area contributed by atoms with E-state index < -0.39 is 46.8 Å². The molecule has 6 atom stereocenters. The first-order chi connectivity index (χ1) is 41.1. The standard InChI is InChI=1S/C65H73N11O8S2/c1-36(41-14-16-43(17-15-41)55-37(2)67-35-85-55)69-58(80)50-25-44(77)31-75(50)59(81)56(63(4,5)6)72-53(78)20-22-66-61(84)65-28-39-24-40(29-65)27-64(26-39,33-65)34-76-38(3)47(30-68-76)45-18-19-52(71-54(45)60(82)83)74-23-21-42-10-9-11-46(48(42)32-74)57(79)73-62-70-49-12-7-8-13-51(49)86-62/h7-19,30,35-36,39-40,44,50,56,77H,20-29,31-34H2,1-6H3,(H,66,84)(H,69,80)(H,72,78)(H,82,83)(H,70,73,79)/t36-,39?,40?,44+,50-,56+,64?,65?/m0/s1. The molecule has 6 aliphatic rings. The Morgan fingerprint density at radius 1 is 0.872 bits per heavy atom. The Hall–Kier alpha value is -7.88. The summed E-state index contributed by atoms with van der Waals surface area (Å²) in [6.45, 7) is 12.9. The van der Waals surface area contributed by atoms with Crippen LogP contribution in [0.25, 0.3) is 31.8 Å². The van der Waals surface area contributed by atoms with Gasteiger partial charge >= 0.3 is 5.97 Å². The van der Waals surface area contributed by atoms with E-state index in [2.05, 4.69) is 31.2 Å². The van der Waals surface area contributed by atoms with Crippen LogP contribution in [0.1, 0.15) is 134 Å². The molecular formula is C65H73N11O8S2. The Balaban J connectivity index is 0.672. The van der Waals surface area contributed by atoms with Crippen molar-refractivity contribution in [1.29, 1.82) is 0 Å². The summed E-state index contributed by atoms with van der Waals surface area (Å²) >= 11 is 2.98. The Morgan fingerprint density at radius 2 is 1.64 bits per heavy atom. The monoisotopic (exact) mass is 1200 g/mol. The van der Waals surface area contributed by atoms with Crippen LogP contribution in [-0.2, 0) is 38.7 Å². The first-order valence-corrected chi connectivity index (χ1v) is 31.5. The Kier molecular flexibility index (Phi) is 15.7. The molecule has 2 aliphatic heterocycles. The van der Waals surface area contributed by atoms with E-state index in [0.29, 0.717) is 72.0 Å². The summed E-state index contributed by atoms with van der Waals surface area (Å²) in [6, 6.07) is 22.7. The van der Waals surface area contributed by atoms with E-state index in [1.807, 2.05) is 123 Å². The molecular weight excluding hydrogens is 1130 g/mol. The van der Waals surface area contributed by atoms with Crippen LogP contribution >= 0.6 is 22.7 Å². The molecule has 19 nitrogen and oxygen atoms in total. The lowest BCUT2D eigenvalue weighted by Crippen LogP contribution is -2.59. The van der Waals surface area contributed by atoms with E-state index in [0.717, 1.165) is 80.8 Å². The second kappa shape index (κ2) is 23.1. The minimum absolute atomic E-state index is 0.0494. The second-order valence-electron chi connectivity index (χ2n) is 25.9. The molecule has 3 aromatic carbocycles. The number of aromatic nitrogens is 5. The van der Waals surface area contributed by atoms with Gasteiger partial charge in [0.25, 0.3) is 5.91 Å². The average molecular weight is 1200 g/mol. The zero-order chi connectivity index (χ0) is 60.4. The first kappa shape index (κ1) is 58.5. The maximum atomic E-state index is 14.5. The van der Waals surface area contributed by atoms with Gasteiger partial charge in [0.2, 0.25) is 23.6 Å². The van der Waals surface area contributed by atoms with Crippen LogP contribution in [0, 0.1) is 41.9 Å². The van der Waals surface area contributed by atoms with E-state index in [9.17, 15) is 39.0 Å². The lowest BCUT2D eigenvalue weighted by molar-refractivity contribution is -0.159. The van der Waals surface area contributed by atoms with Crippen molar-refractivity contribution in [2.45, 2.75) is 137 Å². The van der Waals surface area contributed by atoms with Gasteiger partial charge in [-0.2, -0.15) is 5.10 Å². The van der Waals surface area contributed by atoms with Crippen molar-refractivity contribution in [1.82, 2.24) is 45.6 Å². The number of nitrogens with one attached hydrogen (secondary N) is 4. The van der Waals surface area contributed by atoms with Gasteiger partial charge in [0.05, 0.1) is 50.1 Å². The zero-order valence-electron chi connectivity index (χ0n) is 49.3. The van der Waals surface area contributed by atoms with Gasteiger partial charge in [0.1, 0.15) is 17.9 Å². The van der Waals surface area contributed by atoms with Crippen LogP contribution in [0.4, 0.5) is 10.9 Å². The summed E-state index contributed by atoms with van der Waals surface area (Å²) in [5.74, 6) is -1.56. The van der Waals surface area contributed by atoms with Crippen molar-refractivity contribution < 1.29 is 39.0 Å². The van der Waals surface area contributed by atoms with Crippen molar-refractivity contribution in [3.8, 4) is 21.6 Å². The molecule has 1 saturated heterocycles. The third-order valence-corrected chi connectivity index (χ3v) is 20.6. The van der Waals surface area contributed by atoms with Gasteiger partial charge in [0, 0.05) is 67.9 Å². The van der Waals surface area contributed by atoms with Gasteiger partial charge < -0.3 is 36.0 Å². The molecule has 6 N–H and O–H groups in total. The number of amides is 5. The number of aryl methyl sites for hydroxylation is 1. The highest BCUT2D eigenvalue weighted by molar-refractivity contribution is 7.22. The number of aromatic carboxylic acids is 1. The topological polar surface area (TPSA) is 254 Å². The number of aliphatic hydroxyl groups is 1. The molecule has 7 aromatic rings. The van der Waals surface area contributed by atoms with Gasteiger partial charge in [0.15, 0.2) is 10.8 Å². The quantitative estimate of drug-likeness (QED) is 0.0498. The van der Waals surface area contributed by atoms with E-state index >= 15 is 0 Å². The fourth-order valence-electron chi connectivity index (χ4n) is 14.9. The highest BCUT2D eigenvalue weighted by Crippen LogP contribution is 2.66. The number of likely N-dealkylation sites (tertiary alicyclic amines) is 1. The smallest absolute Gasteiger partial charge is 0.355 e. The minimum Gasteiger partial charge on any atom is -0.476 e. The average Bonchev–Trinajstić information content (AvgIpc) is 0.820. The van der Waals surface area contributed by atoms with Crippen molar-refractivity contribution in [3.05, 3.63) is 130 Å². The number of anilines is 2. The molecule has 21 heteroatoms.